The summed E-state index contributed by atoms with van der Waals surface area (Å²) in [5.74, 6) is -0.905. The van der Waals surface area contributed by atoms with E-state index in [-0.39, 0.29) is 18.8 Å². The van der Waals surface area contributed by atoms with Crippen LogP contribution in [0.5, 0.6) is 0 Å². The molecule has 5 rings (SSSR count). The van der Waals surface area contributed by atoms with Crippen molar-refractivity contribution >= 4 is 17.6 Å². The molecular weight excluding hydrogens is 546 g/mol. The van der Waals surface area contributed by atoms with Gasteiger partial charge in [-0.3, -0.25) is 19.4 Å². The highest BCUT2D eigenvalue weighted by atomic mass is 16.7. The monoisotopic (exact) mass is 587 g/mol. The Kier molecular flexibility index (Phi) is 10.6. The van der Waals surface area contributed by atoms with Gasteiger partial charge < -0.3 is 24.6 Å². The fraction of sp³-hybridized carbons (Fsp3) is 0.412. The molecule has 2 N–H and O–H groups in total. The Balaban J connectivity index is 1.23. The second-order valence-corrected chi connectivity index (χ2v) is 11.3. The summed E-state index contributed by atoms with van der Waals surface area (Å²) in [7, 11) is 0. The van der Waals surface area contributed by atoms with E-state index in [1.165, 1.54) is 19.4 Å². The number of hydrogen-bond donors (Lipinski definition) is 2. The van der Waals surface area contributed by atoms with Crippen LogP contribution in [0.2, 0.25) is 0 Å². The number of amides is 1. The summed E-state index contributed by atoms with van der Waals surface area (Å²) in [6.07, 6.45) is -0.946. The van der Waals surface area contributed by atoms with Crippen LogP contribution >= 0.6 is 0 Å². The lowest BCUT2D eigenvalue weighted by Gasteiger charge is -2.40. The Morgan fingerprint density at radius 3 is 2.19 bits per heavy atom. The van der Waals surface area contributed by atoms with E-state index in [2.05, 4.69) is 45.4 Å². The molecule has 1 amide bonds. The quantitative estimate of drug-likeness (QED) is 0.336. The molecule has 3 aromatic rings. The minimum Gasteiger partial charge on any atom is -0.453 e. The topological polar surface area (TPSA) is 101 Å². The van der Waals surface area contributed by atoms with Crippen molar-refractivity contribution in [3.05, 3.63) is 101 Å². The van der Waals surface area contributed by atoms with E-state index in [4.69, 9.17) is 14.2 Å². The largest absolute Gasteiger partial charge is 0.453 e. The molecule has 9 heteroatoms. The molecule has 0 spiro atoms. The van der Waals surface area contributed by atoms with Gasteiger partial charge >= 0.3 is 5.97 Å². The fourth-order valence-electron chi connectivity index (χ4n) is 5.56. The van der Waals surface area contributed by atoms with Gasteiger partial charge in [0.2, 0.25) is 0 Å². The smallest absolute Gasteiger partial charge is 0.303 e. The highest BCUT2D eigenvalue weighted by Crippen LogP contribution is 2.38. The highest BCUT2D eigenvalue weighted by molar-refractivity contribution is 5.94. The lowest BCUT2D eigenvalue weighted by Crippen LogP contribution is -2.49. The van der Waals surface area contributed by atoms with Gasteiger partial charge in [0.25, 0.3) is 5.91 Å². The molecule has 228 valence electrons. The molecule has 0 aromatic heterocycles. The Morgan fingerprint density at radius 2 is 1.53 bits per heavy atom. The lowest BCUT2D eigenvalue weighted by molar-refractivity contribution is -0.253. The first-order valence-electron chi connectivity index (χ1n) is 14.9. The van der Waals surface area contributed by atoms with Crippen molar-refractivity contribution in [3.63, 3.8) is 0 Å². The number of esters is 1. The number of aliphatic hydroxyl groups excluding tert-OH is 1. The minimum atomic E-state index is -0.888. The average Bonchev–Trinajstić information content (AvgIpc) is 3.02. The first-order valence-corrected chi connectivity index (χ1v) is 14.9. The van der Waals surface area contributed by atoms with Gasteiger partial charge in [-0.2, -0.15) is 0 Å². The summed E-state index contributed by atoms with van der Waals surface area (Å²) in [5, 5.41) is 12.3. The van der Waals surface area contributed by atoms with E-state index in [0.717, 1.165) is 62.4 Å². The predicted octanol–water partition coefficient (Wildman–Crippen LogP) is 4.43. The molecule has 2 heterocycles. The maximum atomic E-state index is 12.4. The Labute approximate surface area is 253 Å². The first-order chi connectivity index (χ1) is 20.9. The van der Waals surface area contributed by atoms with Crippen LogP contribution in [0.3, 0.4) is 0 Å². The van der Waals surface area contributed by atoms with Crippen molar-refractivity contribution in [2.75, 3.05) is 38.0 Å². The summed E-state index contributed by atoms with van der Waals surface area (Å²) < 4.78 is 18.0. The SMILES string of the molecule is CC(=O)O[C@@H](C)C(=O)Nc1ccc([C@@H]2O[C@H](CN3CCN(Cc4ccccc4)CC3)C[C@H](c3ccc(CO)cc3)O2)cc1. The van der Waals surface area contributed by atoms with Gasteiger partial charge in [0, 0.05) is 63.9 Å². The van der Waals surface area contributed by atoms with Crippen molar-refractivity contribution in [1.29, 1.82) is 0 Å². The normalized spacial score (nSPS) is 22.1. The Bertz CT molecular complexity index is 1330. The molecule has 2 aliphatic rings. The van der Waals surface area contributed by atoms with Crippen LogP contribution in [-0.4, -0.2) is 71.7 Å². The number of ether oxygens (including phenoxy) is 3. The first kappa shape index (κ1) is 30.8. The third kappa shape index (κ3) is 8.72. The second-order valence-electron chi connectivity index (χ2n) is 11.3. The standard InChI is InChI=1S/C34H41N3O6/c1-24(41-25(2)39)33(40)35-30-14-12-29(13-15-30)34-42-31(20-32(43-34)28-10-8-27(23-38)9-11-28)22-37-18-16-36(17-19-37)21-26-6-4-3-5-7-26/h3-15,24,31-32,34,38H,16-23H2,1-2H3,(H,35,40)/t24-,31-,32+,34+/m0/s1. The van der Waals surface area contributed by atoms with Gasteiger partial charge in [0.1, 0.15) is 0 Å². The van der Waals surface area contributed by atoms with Crippen LogP contribution in [0.4, 0.5) is 5.69 Å². The van der Waals surface area contributed by atoms with Gasteiger partial charge in [-0.05, 0) is 35.7 Å². The number of aliphatic hydroxyl groups is 1. The zero-order chi connectivity index (χ0) is 30.2. The van der Waals surface area contributed by atoms with Crippen LogP contribution in [-0.2, 0) is 37.0 Å². The third-order valence-corrected chi connectivity index (χ3v) is 7.95. The van der Waals surface area contributed by atoms with Gasteiger partial charge in [0.05, 0.1) is 18.8 Å². The van der Waals surface area contributed by atoms with Crippen molar-refractivity contribution in [3.8, 4) is 0 Å². The summed E-state index contributed by atoms with van der Waals surface area (Å²) in [6.45, 7) is 8.57. The third-order valence-electron chi connectivity index (χ3n) is 7.95. The van der Waals surface area contributed by atoms with Crippen LogP contribution < -0.4 is 5.32 Å². The molecule has 2 saturated heterocycles. The molecule has 2 fully saturated rings. The number of carbonyl (C=O) groups is 2. The van der Waals surface area contributed by atoms with E-state index in [0.29, 0.717) is 5.69 Å². The van der Waals surface area contributed by atoms with Crippen molar-refractivity contribution in [1.82, 2.24) is 9.80 Å². The molecular formula is C34H41N3O6. The number of nitrogens with zero attached hydrogens (tertiary/aromatic N) is 2. The number of benzene rings is 3. The van der Waals surface area contributed by atoms with Crippen LogP contribution in [0.25, 0.3) is 0 Å². The number of rotatable bonds is 10. The lowest BCUT2D eigenvalue weighted by atomic mass is 9.99. The highest BCUT2D eigenvalue weighted by Gasteiger charge is 2.34. The second kappa shape index (κ2) is 14.7. The van der Waals surface area contributed by atoms with E-state index in [1.54, 1.807) is 12.1 Å². The number of carbonyl (C=O) groups excluding carboxylic acids is 2. The van der Waals surface area contributed by atoms with E-state index in [9.17, 15) is 14.7 Å². The molecule has 0 saturated carbocycles. The molecule has 9 nitrogen and oxygen atoms in total. The fourth-order valence-corrected chi connectivity index (χ4v) is 5.56. The van der Waals surface area contributed by atoms with Crippen molar-refractivity contribution < 1.29 is 28.9 Å². The molecule has 4 atom stereocenters. The number of anilines is 1. The van der Waals surface area contributed by atoms with E-state index in [1.807, 2.05) is 36.4 Å². The summed E-state index contributed by atoms with van der Waals surface area (Å²) in [4.78, 5) is 28.5. The summed E-state index contributed by atoms with van der Waals surface area (Å²) in [6, 6.07) is 25.8. The number of piperazine rings is 1. The number of hydrogen-bond acceptors (Lipinski definition) is 8. The van der Waals surface area contributed by atoms with E-state index >= 15 is 0 Å². The molecule has 0 unspecified atom stereocenters. The molecule has 3 aromatic carbocycles. The maximum absolute atomic E-state index is 12.4. The van der Waals surface area contributed by atoms with Crippen molar-refractivity contribution in [2.24, 2.45) is 0 Å². The number of nitrogens with one attached hydrogen (secondary N) is 1. The van der Waals surface area contributed by atoms with Crippen molar-refractivity contribution in [2.45, 2.75) is 58.0 Å². The van der Waals surface area contributed by atoms with Crippen LogP contribution in [0.15, 0.2) is 78.9 Å². The molecule has 43 heavy (non-hydrogen) atoms. The zero-order valence-electron chi connectivity index (χ0n) is 24.9. The predicted molar refractivity (Wildman–Crippen MR) is 163 cm³/mol. The van der Waals surface area contributed by atoms with Gasteiger partial charge in [-0.1, -0.05) is 66.7 Å². The van der Waals surface area contributed by atoms with Gasteiger partial charge in [-0.15, -0.1) is 0 Å². The van der Waals surface area contributed by atoms with Gasteiger partial charge in [0.15, 0.2) is 12.4 Å². The van der Waals surface area contributed by atoms with Crippen LogP contribution in [0, 0.1) is 0 Å². The minimum absolute atomic E-state index is 0.00103. The summed E-state index contributed by atoms with van der Waals surface area (Å²) in [5.41, 5.74) is 4.68. The Morgan fingerprint density at radius 1 is 0.884 bits per heavy atom. The molecule has 2 aliphatic heterocycles. The van der Waals surface area contributed by atoms with E-state index < -0.39 is 24.3 Å². The van der Waals surface area contributed by atoms with Crippen LogP contribution in [0.1, 0.15) is 54.9 Å². The van der Waals surface area contributed by atoms with Gasteiger partial charge in [-0.25, -0.2) is 0 Å². The molecule has 0 aliphatic carbocycles. The maximum Gasteiger partial charge on any atom is 0.303 e. The Hall–Kier alpha value is -3.60. The molecule has 0 radical (unpaired) electrons. The molecule has 0 bridgehead atoms. The average molecular weight is 588 g/mol. The zero-order valence-corrected chi connectivity index (χ0v) is 24.9. The summed E-state index contributed by atoms with van der Waals surface area (Å²) >= 11 is 0.